The van der Waals surface area contributed by atoms with Crippen LogP contribution in [0.25, 0.3) is 0 Å². The molecule has 14 nitrogen and oxygen atoms in total. The van der Waals surface area contributed by atoms with Crippen molar-refractivity contribution in [3.63, 3.8) is 0 Å². The van der Waals surface area contributed by atoms with Crippen LogP contribution in [-0.4, -0.2) is 140 Å². The molecule has 2 aliphatic heterocycles. The summed E-state index contributed by atoms with van der Waals surface area (Å²) in [5.74, 6) is -0.248. The molecular weight excluding hydrogens is 1030 g/mol. The maximum atomic E-state index is 13.3. The van der Waals surface area contributed by atoms with E-state index in [0.717, 1.165) is 44.9 Å². The van der Waals surface area contributed by atoms with Gasteiger partial charge in [0.15, 0.2) is 12.6 Å². The normalized spacial score (nSPS) is 24.3. The second kappa shape index (κ2) is 52.5. The molecule has 0 aliphatic carbocycles. The van der Waals surface area contributed by atoms with E-state index in [1.807, 2.05) is 6.08 Å². The highest BCUT2D eigenvalue weighted by molar-refractivity contribution is 5.76. The summed E-state index contributed by atoms with van der Waals surface area (Å²) in [6, 6.07) is -0.936. The Morgan fingerprint density at radius 3 is 1.21 bits per heavy atom. The van der Waals surface area contributed by atoms with Crippen LogP contribution in [-0.2, 0) is 23.7 Å². The Hall–Kier alpha value is -1.79. The predicted molar refractivity (Wildman–Crippen MR) is 328 cm³/mol. The number of ether oxygens (including phenoxy) is 4. The van der Waals surface area contributed by atoms with Crippen molar-refractivity contribution in [3.8, 4) is 0 Å². The molecule has 2 rings (SSSR count). The number of nitrogens with one attached hydrogen (secondary N) is 1. The van der Waals surface area contributed by atoms with Gasteiger partial charge < -0.3 is 65.1 Å². The molecule has 12 unspecified atom stereocenters. The molecule has 476 valence electrons. The van der Waals surface area contributed by atoms with Gasteiger partial charge in [-0.1, -0.05) is 275 Å². The van der Waals surface area contributed by atoms with Crippen molar-refractivity contribution in [3.05, 3.63) is 36.5 Å². The molecule has 0 aromatic heterocycles. The van der Waals surface area contributed by atoms with Crippen molar-refractivity contribution >= 4 is 5.91 Å². The zero-order valence-electron chi connectivity index (χ0n) is 51.5. The molecule has 2 saturated heterocycles. The molecule has 0 aromatic rings. The van der Waals surface area contributed by atoms with Crippen LogP contribution >= 0.6 is 0 Å². The zero-order chi connectivity index (χ0) is 58.8. The predicted octanol–water partition coefficient (Wildman–Crippen LogP) is 13.0. The van der Waals surface area contributed by atoms with Gasteiger partial charge in [-0.05, 0) is 44.9 Å². The Balaban J connectivity index is 1.72. The second-order valence-electron chi connectivity index (χ2n) is 23.9. The van der Waals surface area contributed by atoms with Gasteiger partial charge in [-0.3, -0.25) is 4.79 Å². The Labute approximate surface area is 493 Å². The topological polar surface area (TPSA) is 228 Å². The van der Waals surface area contributed by atoms with Crippen molar-refractivity contribution in [1.29, 1.82) is 0 Å². The van der Waals surface area contributed by atoms with Crippen molar-refractivity contribution < 1.29 is 64.6 Å². The Kier molecular flexibility index (Phi) is 48.8. The molecule has 0 aromatic carbocycles. The number of allylic oxidation sites excluding steroid dienone is 5. The molecule has 2 heterocycles. The molecule has 81 heavy (non-hydrogen) atoms. The van der Waals surface area contributed by atoms with E-state index < -0.39 is 86.8 Å². The molecule has 12 atom stereocenters. The van der Waals surface area contributed by atoms with E-state index in [4.69, 9.17) is 18.9 Å². The number of hydrogen-bond acceptors (Lipinski definition) is 13. The number of carbonyl (C=O) groups excluding carboxylic acids is 1. The Bertz CT molecular complexity index is 1500. The smallest absolute Gasteiger partial charge is 0.220 e. The van der Waals surface area contributed by atoms with Crippen molar-refractivity contribution in [2.45, 2.75) is 364 Å². The number of amides is 1. The highest BCUT2D eigenvalue weighted by Gasteiger charge is 2.51. The first-order valence-electron chi connectivity index (χ1n) is 33.7. The summed E-state index contributed by atoms with van der Waals surface area (Å²) in [6.07, 6.45) is 49.2. The van der Waals surface area contributed by atoms with E-state index in [9.17, 15) is 45.6 Å². The molecule has 0 saturated carbocycles. The van der Waals surface area contributed by atoms with Gasteiger partial charge in [0, 0.05) is 6.42 Å². The SMILES string of the molecule is CCCCCCCCCCCCCCCCCCCC/C=C/CC/C=C/CC/C=C/C(O)C(COC1OC(CO)C(OC2OC(CO)C(O)C(O)C2O)C(O)C1O)NC(=O)CCCCCCCCCCCCCCCCCCCCC. The van der Waals surface area contributed by atoms with Gasteiger partial charge in [0.2, 0.25) is 5.91 Å². The van der Waals surface area contributed by atoms with Crippen LogP contribution in [0.2, 0.25) is 0 Å². The molecule has 2 aliphatic rings. The van der Waals surface area contributed by atoms with Crippen LogP contribution in [0.5, 0.6) is 0 Å². The van der Waals surface area contributed by atoms with Gasteiger partial charge in [-0.25, -0.2) is 0 Å². The fourth-order valence-corrected chi connectivity index (χ4v) is 11.2. The summed E-state index contributed by atoms with van der Waals surface area (Å²) in [4.78, 5) is 13.3. The minimum atomic E-state index is -1.79. The van der Waals surface area contributed by atoms with Gasteiger partial charge in [0.25, 0.3) is 0 Å². The first-order chi connectivity index (χ1) is 39.6. The number of aliphatic hydroxyl groups is 8. The standard InChI is InChI=1S/C67H125NO13/c1-3-5-7-9-11-13-15-17-19-21-23-24-25-26-27-28-29-30-31-33-34-36-38-40-42-44-46-48-50-56(71)55(68-59(72)51-49-47-45-43-41-39-37-35-32-22-20-18-16-14-12-10-8-6-4-2)54-78-66-64(77)62(75)65(58(53-70)80-66)81-67-63(76)61(74)60(73)57(52-69)79-67/h33-34,40,42,48,50,55-58,60-67,69-71,73-77H,3-32,35-39,41,43-47,49,51-54H2,1-2H3,(H,68,72)/b34-33+,42-40+,50-48+. The van der Waals surface area contributed by atoms with E-state index in [1.54, 1.807) is 6.08 Å². The summed E-state index contributed by atoms with van der Waals surface area (Å²) >= 11 is 0. The molecule has 0 radical (unpaired) electrons. The summed E-state index contributed by atoms with van der Waals surface area (Å²) in [7, 11) is 0. The molecule has 0 spiro atoms. The highest BCUT2D eigenvalue weighted by Crippen LogP contribution is 2.30. The number of carbonyl (C=O) groups is 1. The van der Waals surface area contributed by atoms with Gasteiger partial charge in [0.05, 0.1) is 32.0 Å². The van der Waals surface area contributed by atoms with Gasteiger partial charge in [-0.2, -0.15) is 0 Å². The average Bonchev–Trinajstić information content (AvgIpc) is 3.47. The van der Waals surface area contributed by atoms with Crippen molar-refractivity contribution in [2.24, 2.45) is 0 Å². The van der Waals surface area contributed by atoms with Crippen LogP contribution in [0.3, 0.4) is 0 Å². The first kappa shape index (κ1) is 75.3. The largest absolute Gasteiger partial charge is 0.394 e. The lowest BCUT2D eigenvalue weighted by Crippen LogP contribution is -2.65. The van der Waals surface area contributed by atoms with E-state index in [2.05, 4.69) is 43.5 Å². The highest BCUT2D eigenvalue weighted by atomic mass is 16.7. The van der Waals surface area contributed by atoms with E-state index >= 15 is 0 Å². The fraction of sp³-hybridized carbons (Fsp3) is 0.896. The lowest BCUT2D eigenvalue weighted by molar-refractivity contribution is -0.359. The third kappa shape index (κ3) is 37.4. The van der Waals surface area contributed by atoms with Crippen LogP contribution in [0.1, 0.15) is 290 Å². The maximum absolute atomic E-state index is 13.3. The number of aliphatic hydroxyl groups excluding tert-OH is 8. The first-order valence-corrected chi connectivity index (χ1v) is 33.7. The average molecular weight is 1150 g/mol. The Morgan fingerprint density at radius 2 is 0.790 bits per heavy atom. The summed E-state index contributed by atoms with van der Waals surface area (Å²) in [6.45, 7) is 2.82. The summed E-state index contributed by atoms with van der Waals surface area (Å²) < 4.78 is 22.8. The van der Waals surface area contributed by atoms with Crippen molar-refractivity contribution in [1.82, 2.24) is 5.32 Å². The number of unbranched alkanes of at least 4 members (excludes halogenated alkanes) is 38. The zero-order valence-corrected chi connectivity index (χ0v) is 51.5. The lowest BCUT2D eigenvalue weighted by Gasteiger charge is -2.46. The van der Waals surface area contributed by atoms with Crippen LogP contribution < -0.4 is 5.32 Å². The summed E-state index contributed by atoms with van der Waals surface area (Å²) in [5, 5.41) is 87.3. The maximum Gasteiger partial charge on any atom is 0.220 e. The monoisotopic (exact) mass is 1150 g/mol. The van der Waals surface area contributed by atoms with Crippen LogP contribution in [0.15, 0.2) is 36.5 Å². The van der Waals surface area contributed by atoms with Gasteiger partial charge in [-0.15, -0.1) is 0 Å². The minimum Gasteiger partial charge on any atom is -0.394 e. The summed E-state index contributed by atoms with van der Waals surface area (Å²) in [5.41, 5.74) is 0. The lowest BCUT2D eigenvalue weighted by atomic mass is 9.97. The second-order valence-corrected chi connectivity index (χ2v) is 23.9. The third-order valence-corrected chi connectivity index (χ3v) is 16.6. The van der Waals surface area contributed by atoms with Gasteiger partial charge >= 0.3 is 0 Å². The number of rotatable bonds is 55. The molecule has 2 fully saturated rings. The quantitative estimate of drug-likeness (QED) is 0.0204. The van der Waals surface area contributed by atoms with Crippen LogP contribution in [0.4, 0.5) is 0 Å². The molecule has 9 N–H and O–H groups in total. The minimum absolute atomic E-state index is 0.248. The van der Waals surface area contributed by atoms with Crippen LogP contribution in [0, 0.1) is 0 Å². The molecule has 14 heteroatoms. The molecular formula is C67H125NO13. The van der Waals surface area contributed by atoms with E-state index in [0.29, 0.717) is 12.8 Å². The Morgan fingerprint density at radius 1 is 0.432 bits per heavy atom. The van der Waals surface area contributed by atoms with Crippen molar-refractivity contribution in [2.75, 3.05) is 19.8 Å². The molecule has 0 bridgehead atoms. The third-order valence-electron chi connectivity index (χ3n) is 16.6. The fourth-order valence-electron chi connectivity index (χ4n) is 11.2. The van der Waals surface area contributed by atoms with E-state index in [-0.39, 0.29) is 18.9 Å². The van der Waals surface area contributed by atoms with E-state index in [1.165, 1.54) is 212 Å². The molecule has 1 amide bonds. The van der Waals surface area contributed by atoms with Gasteiger partial charge in [0.1, 0.15) is 48.8 Å². The number of hydrogen-bond donors (Lipinski definition) is 9.